The second kappa shape index (κ2) is 9.79. The third-order valence-corrected chi connectivity index (χ3v) is 3.81. The molecule has 0 aromatic heterocycles. The van der Waals surface area contributed by atoms with E-state index >= 15 is 0 Å². The first-order valence-electron chi connectivity index (χ1n) is 8.32. The fourth-order valence-corrected chi connectivity index (χ4v) is 2.55. The van der Waals surface area contributed by atoms with Crippen LogP contribution in [0, 0.1) is 0 Å². The second-order valence-electron chi connectivity index (χ2n) is 5.25. The van der Waals surface area contributed by atoms with Crippen molar-refractivity contribution in [2.24, 2.45) is 0 Å². The van der Waals surface area contributed by atoms with E-state index in [4.69, 9.17) is 21.1 Å². The average Bonchev–Trinajstić information content (AvgIpc) is 2.59. The number of rotatable bonds is 8. The molecule has 2 aromatic carbocycles. The maximum atomic E-state index is 12.0. The lowest BCUT2D eigenvalue weighted by Gasteiger charge is -2.13. The zero-order valence-electron chi connectivity index (χ0n) is 14.5. The normalized spacial score (nSPS) is 10.2. The molecule has 0 aliphatic carbocycles. The summed E-state index contributed by atoms with van der Waals surface area (Å²) in [5.41, 5.74) is 1.64. The van der Waals surface area contributed by atoms with Gasteiger partial charge in [-0.15, -0.1) is 0 Å². The van der Waals surface area contributed by atoms with Gasteiger partial charge >= 0.3 is 6.03 Å². The highest BCUT2D eigenvalue weighted by molar-refractivity contribution is 6.31. The molecule has 25 heavy (non-hydrogen) atoms. The fourth-order valence-electron chi connectivity index (χ4n) is 2.32. The summed E-state index contributed by atoms with van der Waals surface area (Å²) >= 11 is 6.10. The van der Waals surface area contributed by atoms with E-state index in [1.54, 1.807) is 18.2 Å². The first kappa shape index (κ1) is 18.9. The fraction of sp³-hybridized carbons (Fsp3) is 0.316. The van der Waals surface area contributed by atoms with Gasteiger partial charge in [-0.05, 0) is 44.0 Å². The number of hydrogen-bond acceptors (Lipinski definition) is 3. The van der Waals surface area contributed by atoms with Crippen molar-refractivity contribution in [2.45, 2.75) is 20.3 Å². The molecule has 0 atom stereocenters. The van der Waals surface area contributed by atoms with Gasteiger partial charge in [-0.3, -0.25) is 0 Å². The Morgan fingerprint density at radius 3 is 2.48 bits per heavy atom. The molecule has 2 rings (SSSR count). The van der Waals surface area contributed by atoms with Crippen molar-refractivity contribution in [2.75, 3.05) is 25.1 Å². The van der Waals surface area contributed by atoms with Gasteiger partial charge < -0.3 is 20.1 Å². The molecule has 2 aromatic rings. The minimum atomic E-state index is -0.279. The van der Waals surface area contributed by atoms with Crippen molar-refractivity contribution in [1.82, 2.24) is 5.32 Å². The Balaban J connectivity index is 1.89. The monoisotopic (exact) mass is 362 g/mol. The molecule has 0 heterocycles. The molecule has 0 saturated carbocycles. The van der Waals surface area contributed by atoms with Crippen molar-refractivity contribution < 1.29 is 14.3 Å². The van der Waals surface area contributed by atoms with Gasteiger partial charge in [0.05, 0.1) is 13.2 Å². The molecule has 0 saturated heterocycles. The van der Waals surface area contributed by atoms with Gasteiger partial charge in [-0.1, -0.05) is 29.8 Å². The van der Waals surface area contributed by atoms with E-state index in [0.29, 0.717) is 48.4 Å². The smallest absolute Gasteiger partial charge is 0.319 e. The highest BCUT2D eigenvalue weighted by Crippen LogP contribution is 2.30. The number of nitrogens with one attached hydrogen (secondary N) is 2. The maximum absolute atomic E-state index is 12.0. The minimum Gasteiger partial charge on any atom is -0.490 e. The van der Waals surface area contributed by atoms with E-state index in [-0.39, 0.29) is 6.03 Å². The molecule has 0 aliphatic heterocycles. The van der Waals surface area contributed by atoms with Gasteiger partial charge in [0.1, 0.15) is 0 Å². The molecule has 0 unspecified atom stereocenters. The molecular formula is C19H23ClN2O3. The van der Waals surface area contributed by atoms with Crippen LogP contribution in [0.2, 0.25) is 5.02 Å². The molecule has 0 radical (unpaired) electrons. The number of halogens is 1. The number of hydrogen-bond donors (Lipinski definition) is 2. The van der Waals surface area contributed by atoms with Crippen molar-refractivity contribution in [3.05, 3.63) is 53.1 Å². The van der Waals surface area contributed by atoms with Gasteiger partial charge in [-0.25, -0.2) is 4.79 Å². The van der Waals surface area contributed by atoms with Crippen LogP contribution in [0.15, 0.2) is 42.5 Å². The largest absolute Gasteiger partial charge is 0.490 e. The molecule has 6 heteroatoms. The Morgan fingerprint density at radius 1 is 1.04 bits per heavy atom. The van der Waals surface area contributed by atoms with Gasteiger partial charge in [0.25, 0.3) is 0 Å². The van der Waals surface area contributed by atoms with Crippen molar-refractivity contribution in [3.8, 4) is 11.5 Å². The Kier molecular flexibility index (Phi) is 7.41. The first-order valence-corrected chi connectivity index (χ1v) is 8.69. The van der Waals surface area contributed by atoms with E-state index in [2.05, 4.69) is 10.6 Å². The predicted octanol–water partition coefficient (Wildman–Crippen LogP) is 4.50. The summed E-state index contributed by atoms with van der Waals surface area (Å²) in [5, 5.41) is 6.32. The second-order valence-corrected chi connectivity index (χ2v) is 5.66. The highest BCUT2D eigenvalue weighted by Gasteiger charge is 2.08. The zero-order chi connectivity index (χ0) is 18.1. The van der Waals surface area contributed by atoms with Crippen LogP contribution in [0.1, 0.15) is 19.4 Å². The van der Waals surface area contributed by atoms with Crippen molar-refractivity contribution in [3.63, 3.8) is 0 Å². The van der Waals surface area contributed by atoms with Crippen LogP contribution in [-0.2, 0) is 6.42 Å². The van der Waals surface area contributed by atoms with Gasteiger partial charge in [-0.2, -0.15) is 0 Å². The third-order valence-electron chi connectivity index (χ3n) is 3.44. The number of urea groups is 1. The Labute approximate surface area is 153 Å². The molecule has 0 aliphatic rings. The minimum absolute atomic E-state index is 0.279. The molecule has 2 amide bonds. The SMILES string of the molecule is CCOc1ccc(NC(=O)NCCc2ccccc2Cl)cc1OCC. The summed E-state index contributed by atoms with van der Waals surface area (Å²) in [6.07, 6.45) is 0.667. The first-order chi connectivity index (χ1) is 12.1. The number of ether oxygens (including phenoxy) is 2. The van der Waals surface area contributed by atoms with Crippen LogP contribution in [0.25, 0.3) is 0 Å². The number of anilines is 1. The number of carbonyl (C=O) groups is 1. The zero-order valence-corrected chi connectivity index (χ0v) is 15.2. The molecule has 0 bridgehead atoms. The van der Waals surface area contributed by atoms with E-state index in [0.717, 1.165) is 5.56 Å². The lowest BCUT2D eigenvalue weighted by atomic mass is 10.1. The summed E-state index contributed by atoms with van der Waals surface area (Å²) in [4.78, 5) is 12.0. The predicted molar refractivity (Wildman–Crippen MR) is 101 cm³/mol. The Bertz CT molecular complexity index is 707. The van der Waals surface area contributed by atoms with Crippen molar-refractivity contribution in [1.29, 1.82) is 0 Å². The van der Waals surface area contributed by atoms with E-state index < -0.39 is 0 Å². The molecule has 0 fully saturated rings. The third kappa shape index (κ3) is 5.87. The van der Waals surface area contributed by atoms with Gasteiger partial charge in [0, 0.05) is 23.3 Å². The lowest BCUT2D eigenvalue weighted by Crippen LogP contribution is -2.30. The summed E-state index contributed by atoms with van der Waals surface area (Å²) in [6.45, 7) is 5.37. The number of benzene rings is 2. The van der Waals surface area contributed by atoms with E-state index in [9.17, 15) is 4.79 Å². The summed E-state index contributed by atoms with van der Waals surface area (Å²) in [5.74, 6) is 1.27. The van der Waals surface area contributed by atoms with Crippen LogP contribution in [0.4, 0.5) is 10.5 Å². The Morgan fingerprint density at radius 2 is 1.76 bits per heavy atom. The highest BCUT2D eigenvalue weighted by atomic mass is 35.5. The number of amides is 2. The molecular weight excluding hydrogens is 340 g/mol. The summed E-state index contributed by atoms with van der Waals surface area (Å²) in [6, 6.07) is 12.6. The van der Waals surface area contributed by atoms with Crippen LogP contribution in [0.5, 0.6) is 11.5 Å². The molecule has 134 valence electrons. The summed E-state index contributed by atoms with van der Waals surface area (Å²) in [7, 11) is 0. The van der Waals surface area contributed by atoms with Crippen LogP contribution >= 0.6 is 11.6 Å². The van der Waals surface area contributed by atoms with Crippen LogP contribution in [-0.4, -0.2) is 25.8 Å². The van der Waals surface area contributed by atoms with Crippen LogP contribution < -0.4 is 20.1 Å². The summed E-state index contributed by atoms with van der Waals surface area (Å²) < 4.78 is 11.1. The van der Waals surface area contributed by atoms with Crippen molar-refractivity contribution >= 4 is 23.3 Å². The van der Waals surface area contributed by atoms with E-state index in [1.807, 2.05) is 38.1 Å². The maximum Gasteiger partial charge on any atom is 0.319 e. The Hall–Kier alpha value is -2.40. The number of carbonyl (C=O) groups excluding carboxylic acids is 1. The standard InChI is InChI=1S/C19H23ClN2O3/c1-3-24-17-10-9-15(13-18(17)25-4-2)22-19(23)21-12-11-14-7-5-6-8-16(14)20/h5-10,13H,3-4,11-12H2,1-2H3,(H2,21,22,23). The van der Waals surface area contributed by atoms with Crippen LogP contribution in [0.3, 0.4) is 0 Å². The lowest BCUT2D eigenvalue weighted by molar-refractivity contribution is 0.252. The van der Waals surface area contributed by atoms with Gasteiger partial charge in [0.15, 0.2) is 11.5 Å². The van der Waals surface area contributed by atoms with Gasteiger partial charge in [0.2, 0.25) is 0 Å². The molecule has 5 nitrogen and oxygen atoms in total. The molecule has 2 N–H and O–H groups in total. The quantitative estimate of drug-likeness (QED) is 0.726. The molecule has 0 spiro atoms. The van der Waals surface area contributed by atoms with E-state index in [1.165, 1.54) is 0 Å². The topological polar surface area (TPSA) is 59.6 Å². The average molecular weight is 363 g/mol.